The summed E-state index contributed by atoms with van der Waals surface area (Å²) in [4.78, 5) is 82.9. The van der Waals surface area contributed by atoms with Crippen LogP contribution in [0.2, 0.25) is 15.1 Å². The number of rotatable bonds is 27. The molecule has 0 fully saturated rings. The summed E-state index contributed by atoms with van der Waals surface area (Å²) >= 11 is 18.0. The van der Waals surface area contributed by atoms with Gasteiger partial charge in [0.1, 0.15) is 40.4 Å². The minimum absolute atomic E-state index is 0.0166. The second kappa shape index (κ2) is 40.5. The Bertz CT molecular complexity index is 5340. The van der Waals surface area contributed by atoms with E-state index < -0.39 is 41.0 Å². The number of aromatic hydroxyl groups is 3. The van der Waals surface area contributed by atoms with Crippen LogP contribution in [0.1, 0.15) is 154 Å². The number of amides is 3. The average molecular weight is 1640 g/mol. The molecule has 3 amide bonds. The number of benzene rings is 6. The van der Waals surface area contributed by atoms with E-state index in [1.807, 2.05) is 130 Å². The number of nitrogens with zero attached hydrogens (tertiary/aromatic N) is 12. The van der Waals surface area contributed by atoms with Crippen LogP contribution in [-0.2, 0) is 70.5 Å². The number of hydrogen-bond donors (Lipinski definition) is 3. The third-order valence-corrected chi connectivity index (χ3v) is 19.6. The second-order valence-corrected chi connectivity index (χ2v) is 29.5. The minimum Gasteiger partial charge on any atom is -0.506 e. The largest absolute Gasteiger partial charge is 0.506 e. The van der Waals surface area contributed by atoms with Gasteiger partial charge in [0, 0.05) is 129 Å². The monoisotopic (exact) mass is 1640 g/mol. The van der Waals surface area contributed by atoms with Gasteiger partial charge in [-0.15, -0.1) is 0 Å². The molecule has 600 valence electrons. The van der Waals surface area contributed by atoms with E-state index in [9.17, 15) is 56.0 Å². The maximum atomic E-state index is 13.5. The highest BCUT2D eigenvalue weighted by molar-refractivity contribution is 6.32. The van der Waals surface area contributed by atoms with Gasteiger partial charge in [-0.3, -0.25) is 29.3 Å². The molecule has 6 heterocycles. The summed E-state index contributed by atoms with van der Waals surface area (Å²) in [6, 6.07) is 50.1. The zero-order valence-corrected chi connectivity index (χ0v) is 66.7. The van der Waals surface area contributed by atoms with Gasteiger partial charge >= 0.3 is 12.4 Å². The number of halogens is 9. The summed E-state index contributed by atoms with van der Waals surface area (Å²) in [5, 5.41) is 29.8. The molecule has 18 nitrogen and oxygen atoms in total. The van der Waals surface area contributed by atoms with Crippen molar-refractivity contribution in [2.24, 2.45) is 0 Å². The maximum Gasteiger partial charge on any atom is 0.433 e. The fraction of sp³-hybridized carbons (Fsp3) is 0.258. The van der Waals surface area contributed by atoms with Crippen molar-refractivity contribution in [3.8, 4) is 51.0 Å². The van der Waals surface area contributed by atoms with Gasteiger partial charge in [-0.2, -0.15) is 26.3 Å². The fourth-order valence-electron chi connectivity index (χ4n) is 12.5. The highest BCUT2D eigenvalue weighted by atomic mass is 35.5. The summed E-state index contributed by atoms with van der Waals surface area (Å²) < 4.78 is 79.3. The highest BCUT2D eigenvalue weighted by Gasteiger charge is 2.37. The Morgan fingerprint density at radius 2 is 0.741 bits per heavy atom. The van der Waals surface area contributed by atoms with Crippen molar-refractivity contribution in [3.05, 3.63) is 319 Å². The number of carbonyl (C=O) groups is 3. The molecule has 12 rings (SSSR count). The number of phenolic OH excluding ortho intramolecular Hbond substituents is 3. The lowest BCUT2D eigenvalue weighted by Gasteiger charge is -2.28. The van der Waals surface area contributed by atoms with Gasteiger partial charge < -0.3 is 30.0 Å². The van der Waals surface area contributed by atoms with E-state index in [1.54, 1.807) is 104 Å². The van der Waals surface area contributed by atoms with Crippen LogP contribution in [0.15, 0.2) is 225 Å². The smallest absolute Gasteiger partial charge is 0.433 e. The van der Waals surface area contributed by atoms with Crippen LogP contribution in [-0.4, -0.2) is 111 Å². The van der Waals surface area contributed by atoms with Crippen molar-refractivity contribution in [1.29, 1.82) is 0 Å². The van der Waals surface area contributed by atoms with Gasteiger partial charge in [0.25, 0.3) is 17.7 Å². The second-order valence-electron chi connectivity index (χ2n) is 28.3. The van der Waals surface area contributed by atoms with Crippen LogP contribution in [0, 0.1) is 0 Å². The van der Waals surface area contributed by atoms with Crippen molar-refractivity contribution in [2.75, 3.05) is 0 Å². The Kier molecular flexibility index (Phi) is 30.3. The molecular formula is C89H85Cl3F6N12O6. The number of aromatic nitrogens is 9. The van der Waals surface area contributed by atoms with Crippen LogP contribution in [0.4, 0.5) is 26.3 Å². The molecule has 0 saturated carbocycles. The van der Waals surface area contributed by atoms with E-state index in [2.05, 4.69) is 36.0 Å². The van der Waals surface area contributed by atoms with Crippen molar-refractivity contribution in [2.45, 2.75) is 149 Å². The Morgan fingerprint density at radius 3 is 1.09 bits per heavy atom. The quantitative estimate of drug-likeness (QED) is 0.0406. The van der Waals surface area contributed by atoms with E-state index in [1.165, 1.54) is 4.90 Å². The topological polar surface area (TPSA) is 238 Å². The van der Waals surface area contributed by atoms with Crippen LogP contribution in [0.5, 0.6) is 17.2 Å². The van der Waals surface area contributed by atoms with Crippen molar-refractivity contribution in [1.82, 2.24) is 59.6 Å². The minimum atomic E-state index is -4.67. The Labute approximate surface area is 684 Å². The molecule has 0 radical (unpaired) electrons. The maximum absolute atomic E-state index is 13.5. The fourth-order valence-corrected chi connectivity index (χ4v) is 13.1. The first kappa shape index (κ1) is 86.7. The lowest BCUT2D eigenvalue weighted by atomic mass is 10.0. The van der Waals surface area contributed by atoms with Crippen LogP contribution >= 0.6 is 34.8 Å². The first-order valence-corrected chi connectivity index (χ1v) is 38.6. The predicted molar refractivity (Wildman–Crippen MR) is 436 cm³/mol. The standard InChI is InChI=1S/2C30H28ClF3N4O2.C29H29ClN4O2/c1-19(2)38(29(40)23-10-12-27(36-17-23)30(32,33)34)18-21-6-3-7-22(15-21)25-13-14-35-28(37-25)8-4-5-20-9-11-26(39)24(31)16-20;1-19(2)38(29(40)23-17-35-13-11-24(23)30(32,33)34)18-21-6-3-7-22(15-21)26-12-14-36-28(37-26)8-4-5-20-9-10-27(39)25(31)16-20;1-20(2)34(29(36)23-11-14-31-15-12-23)19-22-6-3-7-24(17-22)26-13-16-32-28(33-26)8-4-5-21-9-10-27(35)25(30)18-21/h2*3,6-7,9-17,19,39H,4-5,8,18H2,1-2H3;3,6-7,9-18,20,35H,4-5,8,19H2,1-2H3. The predicted octanol–water partition coefficient (Wildman–Crippen LogP) is 20.4. The van der Waals surface area contributed by atoms with Gasteiger partial charge in [0.2, 0.25) is 0 Å². The van der Waals surface area contributed by atoms with Crippen molar-refractivity contribution < 1.29 is 56.0 Å². The highest BCUT2D eigenvalue weighted by Crippen LogP contribution is 2.35. The molecule has 0 aliphatic rings. The lowest BCUT2D eigenvalue weighted by molar-refractivity contribution is -0.141. The number of pyridine rings is 3. The first-order valence-electron chi connectivity index (χ1n) is 37.5. The summed E-state index contributed by atoms with van der Waals surface area (Å²) in [6.07, 6.45) is 8.98. The zero-order valence-electron chi connectivity index (χ0n) is 64.4. The zero-order chi connectivity index (χ0) is 83.2. The Hall–Kier alpha value is -11.7. The van der Waals surface area contributed by atoms with Gasteiger partial charge in [-0.25, -0.2) is 29.9 Å². The molecule has 0 spiro atoms. The number of hydrogen-bond acceptors (Lipinski definition) is 15. The Balaban J connectivity index is 0.000000184. The van der Waals surface area contributed by atoms with Crippen LogP contribution in [0.3, 0.4) is 0 Å². The van der Waals surface area contributed by atoms with E-state index >= 15 is 0 Å². The van der Waals surface area contributed by atoms with Gasteiger partial charge in [-0.05, 0) is 217 Å². The number of phenols is 3. The molecule has 0 atom stereocenters. The molecule has 116 heavy (non-hydrogen) atoms. The third-order valence-electron chi connectivity index (χ3n) is 18.7. The number of aryl methyl sites for hydroxylation is 6. The molecule has 0 aliphatic heterocycles. The van der Waals surface area contributed by atoms with Crippen LogP contribution < -0.4 is 0 Å². The molecule has 3 N–H and O–H groups in total. The average Bonchev–Trinajstić information content (AvgIpc) is 0.803. The molecule has 27 heteroatoms. The van der Waals surface area contributed by atoms with E-state index in [0.717, 1.165) is 149 Å². The van der Waals surface area contributed by atoms with E-state index in [4.69, 9.17) is 49.8 Å². The van der Waals surface area contributed by atoms with E-state index in [0.29, 0.717) is 57.4 Å². The number of alkyl halides is 6. The summed E-state index contributed by atoms with van der Waals surface area (Å²) in [6.45, 7) is 12.1. The summed E-state index contributed by atoms with van der Waals surface area (Å²) in [5.74, 6) is 1.19. The van der Waals surface area contributed by atoms with E-state index in [-0.39, 0.29) is 59.9 Å². The molecule has 6 aromatic carbocycles. The normalized spacial score (nSPS) is 11.4. The summed E-state index contributed by atoms with van der Waals surface area (Å²) in [5.41, 5.74) is 8.88. The van der Waals surface area contributed by atoms with Gasteiger partial charge in [-0.1, -0.05) is 108 Å². The molecule has 0 unspecified atom stereocenters. The third kappa shape index (κ3) is 24.7. The van der Waals surface area contributed by atoms with Crippen molar-refractivity contribution in [3.63, 3.8) is 0 Å². The molecule has 12 aromatic rings. The molecule has 6 aromatic heterocycles. The Morgan fingerprint density at radius 1 is 0.371 bits per heavy atom. The molecular weight excluding hydrogens is 1550 g/mol. The number of carbonyl (C=O) groups excluding carboxylic acids is 3. The van der Waals surface area contributed by atoms with Crippen molar-refractivity contribution >= 4 is 52.5 Å². The van der Waals surface area contributed by atoms with Gasteiger partial charge in [0.15, 0.2) is 0 Å². The first-order chi connectivity index (χ1) is 55.4. The molecule has 0 aliphatic carbocycles. The summed E-state index contributed by atoms with van der Waals surface area (Å²) in [7, 11) is 0. The molecule has 0 saturated heterocycles. The SMILES string of the molecule is CC(C)N(Cc1cccc(-c2ccnc(CCCc3ccc(O)c(Cl)c3)n2)c1)C(=O)c1ccc(C(F)(F)F)nc1.CC(C)N(Cc1cccc(-c2ccnc(CCCc3ccc(O)c(Cl)c3)n2)c1)C(=O)c1ccncc1.CC(C)N(Cc1cccc(-c2ccnc(CCCc3ccc(O)c(Cl)c3)n2)c1)C(=O)c1cnccc1C(F)(F)F. The van der Waals surface area contributed by atoms with Gasteiger partial charge in [0.05, 0.1) is 48.8 Å². The lowest BCUT2D eigenvalue weighted by Crippen LogP contribution is -2.37. The van der Waals surface area contributed by atoms with Crippen LogP contribution in [0.25, 0.3) is 33.8 Å². The molecule has 0 bridgehead atoms.